The van der Waals surface area contributed by atoms with Gasteiger partial charge in [-0.25, -0.2) is 8.78 Å². The van der Waals surface area contributed by atoms with Gasteiger partial charge in [-0.15, -0.1) is 0 Å². The third-order valence-electron chi connectivity index (χ3n) is 29.7. The Kier molecular flexibility index (Phi) is 22.2. The van der Waals surface area contributed by atoms with Crippen LogP contribution in [0.4, 0.5) is 77.0 Å². The molecule has 141 heavy (non-hydrogen) atoms. The van der Waals surface area contributed by atoms with Crippen LogP contribution in [0, 0.1) is 53.2 Å². The first-order chi connectivity index (χ1) is 69.0. The minimum Gasteiger partial charge on any atom is -0.310 e. The Morgan fingerprint density at radius 2 is 0.397 bits per heavy atom. The lowest BCUT2D eigenvalue weighted by Gasteiger charge is -2.37. The van der Waals surface area contributed by atoms with E-state index >= 15 is 8.78 Å². The van der Waals surface area contributed by atoms with Crippen LogP contribution in [0.15, 0.2) is 475 Å². The van der Waals surface area contributed by atoms with Crippen molar-refractivity contribution in [3.05, 3.63) is 603 Å². The molecule has 0 saturated heterocycles. The van der Waals surface area contributed by atoms with Crippen LogP contribution in [0.25, 0.3) is 73.9 Å². The second-order valence-electron chi connectivity index (χ2n) is 37.8. The number of rotatable bonds is 23. The summed E-state index contributed by atoms with van der Waals surface area (Å²) in [5.74, 6) is -0.652. The topological polar surface area (TPSA) is 13.0 Å². The molecule has 3 aliphatic rings. The maximum absolute atomic E-state index is 15.6. The van der Waals surface area contributed by atoms with Gasteiger partial charge in [-0.3, -0.25) is 0 Å². The van der Waals surface area contributed by atoms with Gasteiger partial charge in [0, 0.05) is 68.2 Å². The van der Waals surface area contributed by atoms with Crippen molar-refractivity contribution in [3.63, 3.8) is 0 Å². The first-order valence-electron chi connectivity index (χ1n) is 48.4. The smallest absolute Gasteiger partial charge is 0.123 e. The third-order valence-corrected chi connectivity index (χ3v) is 29.7. The molecule has 0 fully saturated rings. The van der Waals surface area contributed by atoms with Gasteiger partial charge in [-0.2, -0.15) is 0 Å². The number of anilines is 12. The van der Waals surface area contributed by atoms with Crippen molar-refractivity contribution < 1.29 is 8.78 Å². The van der Waals surface area contributed by atoms with Crippen LogP contribution < -0.4 is 19.6 Å². The first kappa shape index (κ1) is 87.7. The third kappa shape index (κ3) is 14.8. The van der Waals surface area contributed by atoms with Crippen molar-refractivity contribution >= 4 is 86.5 Å². The van der Waals surface area contributed by atoms with Gasteiger partial charge in [0.1, 0.15) is 11.6 Å². The lowest BCUT2D eigenvalue weighted by atomic mass is 9.66. The van der Waals surface area contributed by atoms with Gasteiger partial charge in [0.2, 0.25) is 0 Å². The number of hydrogen-bond acceptors (Lipinski definition) is 4. The second-order valence-corrected chi connectivity index (χ2v) is 37.8. The van der Waals surface area contributed by atoms with Gasteiger partial charge in [-0.1, -0.05) is 340 Å². The van der Waals surface area contributed by atoms with E-state index in [1.165, 1.54) is 89.0 Å². The molecule has 0 bridgehead atoms. The van der Waals surface area contributed by atoms with Gasteiger partial charge < -0.3 is 19.6 Å². The summed E-state index contributed by atoms with van der Waals surface area (Å²) in [7, 11) is 0. The molecule has 0 heterocycles. The number of fused-ring (bicyclic) bond motifs is 9. The molecule has 3 aliphatic carbocycles. The molecule has 23 rings (SSSR count). The summed E-state index contributed by atoms with van der Waals surface area (Å²) in [4.78, 5) is 9.25. The summed E-state index contributed by atoms with van der Waals surface area (Å²) in [5, 5.41) is 0. The van der Waals surface area contributed by atoms with Gasteiger partial charge in [0.15, 0.2) is 0 Å². The molecule has 676 valence electrons. The Labute approximate surface area is 825 Å². The number of nitrogens with zero attached hydrogens (tertiary/aromatic N) is 4. The van der Waals surface area contributed by atoms with Crippen LogP contribution in [-0.4, -0.2) is 0 Å². The second kappa shape index (κ2) is 35.7. The quantitative estimate of drug-likeness (QED) is 0.0633. The van der Waals surface area contributed by atoms with Crippen LogP contribution in [-0.2, 0) is 16.2 Å². The molecule has 0 N–H and O–H groups in total. The van der Waals surface area contributed by atoms with E-state index in [1.807, 2.05) is 42.5 Å². The molecule has 4 nitrogen and oxygen atoms in total. The van der Waals surface area contributed by atoms with Crippen LogP contribution in [0.5, 0.6) is 0 Å². The van der Waals surface area contributed by atoms with E-state index in [0.29, 0.717) is 0 Å². The Morgan fingerprint density at radius 3 is 0.652 bits per heavy atom. The van der Waals surface area contributed by atoms with Crippen LogP contribution in [0.1, 0.15) is 117 Å². The van der Waals surface area contributed by atoms with E-state index in [4.69, 9.17) is 0 Å². The predicted octanol–water partition coefficient (Wildman–Crippen LogP) is 36.0. The average Bonchev–Trinajstić information content (AvgIpc) is 1.54. The number of benzene rings is 20. The number of halogens is 2. The van der Waals surface area contributed by atoms with Crippen molar-refractivity contribution in [2.24, 2.45) is 0 Å². The Balaban J connectivity index is 0.601. The molecule has 6 heteroatoms. The molecule has 0 radical (unpaired) electrons. The minimum atomic E-state index is -0.945. The summed E-state index contributed by atoms with van der Waals surface area (Å²) < 4.78 is 31.1. The fraction of sp³-hybridized carbons (Fsp3) is 0.0667. The highest BCUT2D eigenvalue weighted by Gasteiger charge is 2.51. The molecule has 20 aromatic carbocycles. The molecule has 0 aromatic heterocycles. The summed E-state index contributed by atoms with van der Waals surface area (Å²) in [6, 6.07) is 164. The molecule has 0 amide bonds. The number of aryl methyl sites for hydroxylation is 6. The molecule has 20 aromatic rings. The van der Waals surface area contributed by atoms with Crippen molar-refractivity contribution in [2.45, 2.75) is 57.8 Å². The lowest BCUT2D eigenvalue weighted by Crippen LogP contribution is -2.30. The normalized spacial score (nSPS) is 15.0. The van der Waals surface area contributed by atoms with E-state index in [2.05, 4.69) is 487 Å². The highest BCUT2D eigenvalue weighted by molar-refractivity contribution is 5.97. The van der Waals surface area contributed by atoms with Crippen molar-refractivity contribution in [1.29, 1.82) is 0 Å². The zero-order chi connectivity index (χ0) is 95.9. The number of para-hydroxylation sites is 2. The Morgan fingerprint density at radius 1 is 0.184 bits per heavy atom. The van der Waals surface area contributed by atoms with E-state index in [0.717, 1.165) is 152 Å². The molecule has 0 saturated carbocycles. The van der Waals surface area contributed by atoms with E-state index in [9.17, 15) is 0 Å². The maximum Gasteiger partial charge on any atom is 0.123 e. The summed E-state index contributed by atoms with van der Waals surface area (Å²) >= 11 is 0. The summed E-state index contributed by atoms with van der Waals surface area (Å²) in [6.45, 7) is 25.8. The Hall–Kier alpha value is -17.3. The van der Waals surface area contributed by atoms with Crippen molar-refractivity contribution in [2.75, 3.05) is 19.6 Å². The average molecular weight is 1820 g/mol. The summed E-state index contributed by atoms with van der Waals surface area (Å²) in [6.07, 6.45) is 5.73. The van der Waals surface area contributed by atoms with Gasteiger partial charge in [0.05, 0.1) is 16.2 Å². The van der Waals surface area contributed by atoms with E-state index in [1.54, 1.807) is 24.3 Å². The zero-order valence-electron chi connectivity index (χ0n) is 79.7. The monoisotopic (exact) mass is 1820 g/mol. The van der Waals surface area contributed by atoms with E-state index < -0.39 is 16.2 Å². The summed E-state index contributed by atoms with van der Waals surface area (Å²) in [5.41, 5.74) is 44.9. The molecular weight excluding hydrogens is 1720 g/mol. The number of hydrogen-bond donors (Lipinski definition) is 0. The standard InChI is InChI=1S/C135H102F2N4/c1-10-94-37-51-101(52-38-94)133(126-81-88(4)31-34-91(126)7)124-29-21-19-27-118(124)120-77-73-114(84-129(120)133)138(106-23-15-13-16-24-106)108-61-43-97(44-62-108)99-47-65-110(66-48-99)140(112-69-57-104(136)58-70-112)116-75-79-122-123-80-76-117(87-132(123)135(131(122)86-116,103-55-41-96(12-3)42-56-103)128-83-90(6)33-36-93(128)9)141(113-71-59-105(137)60-72-113)111-67-49-100(50-68-111)98-45-63-109(64-46-98)139(107-25-17-14-18-26-107)115-74-78-121-119-28-20-22-30-125(119)134(130(121)85-115,102-53-39-95(11-2)40-54-102)127-82-89(5)32-35-92(127)8/h10-87H,1-3H2,4-9H3. The van der Waals surface area contributed by atoms with Crippen molar-refractivity contribution in [1.82, 2.24) is 0 Å². The molecule has 0 aliphatic heterocycles. The molecule has 0 spiro atoms. The fourth-order valence-corrected chi connectivity index (χ4v) is 23.0. The highest BCUT2D eigenvalue weighted by atomic mass is 19.1. The van der Waals surface area contributed by atoms with Gasteiger partial charge in [0.25, 0.3) is 0 Å². The first-order valence-corrected chi connectivity index (χ1v) is 48.4. The van der Waals surface area contributed by atoms with Crippen molar-refractivity contribution in [3.8, 4) is 55.6 Å². The van der Waals surface area contributed by atoms with Crippen LogP contribution in [0.3, 0.4) is 0 Å². The molecular formula is C135H102F2N4. The van der Waals surface area contributed by atoms with E-state index in [-0.39, 0.29) is 11.6 Å². The highest BCUT2D eigenvalue weighted by Crippen LogP contribution is 2.63. The zero-order valence-corrected chi connectivity index (χ0v) is 79.7. The van der Waals surface area contributed by atoms with Gasteiger partial charge >= 0.3 is 0 Å². The molecule has 2 atom stereocenters. The Bertz CT molecular complexity index is 7820. The largest absolute Gasteiger partial charge is 0.310 e. The predicted molar refractivity (Wildman–Crippen MR) is 587 cm³/mol. The van der Waals surface area contributed by atoms with Gasteiger partial charge in [-0.05, 0) is 367 Å². The van der Waals surface area contributed by atoms with Crippen LogP contribution >= 0.6 is 0 Å². The van der Waals surface area contributed by atoms with Crippen LogP contribution in [0.2, 0.25) is 0 Å². The lowest BCUT2D eigenvalue weighted by molar-refractivity contribution is 0.627. The maximum atomic E-state index is 15.6. The minimum absolute atomic E-state index is 0.326. The fourth-order valence-electron chi connectivity index (χ4n) is 23.0. The SMILES string of the molecule is C=Cc1ccc(C2(c3cc(C)ccc3C)c3ccccc3-c3ccc(N(c4ccccc4)c4ccc(-c5ccc(N(c6ccc(F)cc6)c6ccc7c(c6)C(c6ccc(C=C)cc6)(c6cc(C)ccc6C)c6cc(N(c8ccc(F)cc8)c8ccc(-c9ccc(N(c%10ccccc%10)c%10ccc%11c(c%10)C(c%10ccc(C=C)cc%10)(c%10cc(C)ccc%10C)c%10ccccc%10-%11)cc9)cc8)ccc6-7)cc5)cc4)cc32)cc1. The molecule has 2 unspecified atom stereocenters.